The number of alkyl halides is 1. The molecular weight excluding hydrogens is 278 g/mol. The summed E-state index contributed by atoms with van der Waals surface area (Å²) in [6.45, 7) is 1.51. The quantitative estimate of drug-likeness (QED) is 0.846. The maximum absolute atomic E-state index is 12.5. The number of carbonyl (C=O) groups excluding carboxylic acids is 1. The highest BCUT2D eigenvalue weighted by molar-refractivity contribution is 6.18. The molecule has 5 heteroatoms. The first-order valence-electron chi connectivity index (χ1n) is 6.89. The molecule has 108 valence electrons. The molecule has 1 aliphatic carbocycles. The van der Waals surface area contributed by atoms with Gasteiger partial charge in [0.2, 0.25) is 5.91 Å². The average molecular weight is 296 g/mol. The number of amides is 1. The Kier molecular flexibility index (Phi) is 3.71. The van der Waals surface area contributed by atoms with Gasteiger partial charge < -0.3 is 14.8 Å². The van der Waals surface area contributed by atoms with Crippen molar-refractivity contribution in [2.75, 3.05) is 19.1 Å². The molecule has 1 saturated carbocycles. The predicted molar refractivity (Wildman–Crippen MR) is 75.3 cm³/mol. The Hall–Kier alpha value is -1.10. The van der Waals surface area contributed by atoms with Gasteiger partial charge in [0.25, 0.3) is 0 Å². The van der Waals surface area contributed by atoms with E-state index < -0.39 is 11.2 Å². The van der Waals surface area contributed by atoms with Crippen LogP contribution in [0.3, 0.4) is 0 Å². The van der Waals surface area contributed by atoms with Crippen LogP contribution in [0.2, 0.25) is 0 Å². The summed E-state index contributed by atoms with van der Waals surface area (Å²) in [4.78, 5) is 12.5. The van der Waals surface area contributed by atoms with E-state index in [1.165, 1.54) is 0 Å². The molecule has 1 aromatic rings. The first kappa shape index (κ1) is 13.9. The molecule has 0 unspecified atom stereocenters. The van der Waals surface area contributed by atoms with Gasteiger partial charge >= 0.3 is 0 Å². The first-order valence-corrected chi connectivity index (χ1v) is 7.42. The van der Waals surface area contributed by atoms with Gasteiger partial charge in [-0.2, -0.15) is 0 Å². The van der Waals surface area contributed by atoms with Crippen molar-refractivity contribution in [3.8, 4) is 0 Å². The number of benzene rings is 1. The molecule has 1 aliphatic heterocycles. The lowest BCUT2D eigenvalue weighted by Crippen LogP contribution is -2.51. The number of hydrogen-bond donors (Lipinski definition) is 1. The minimum atomic E-state index is -0.935. The molecule has 1 saturated heterocycles. The van der Waals surface area contributed by atoms with E-state index in [9.17, 15) is 4.79 Å². The molecule has 2 fully saturated rings. The van der Waals surface area contributed by atoms with Crippen LogP contribution in [-0.4, -0.2) is 30.8 Å². The molecular formula is C15H18ClNO3. The van der Waals surface area contributed by atoms with Crippen LogP contribution >= 0.6 is 11.6 Å². The zero-order chi connectivity index (χ0) is 14.1. The number of carbonyl (C=O) groups is 1. The minimum Gasteiger partial charge on any atom is -0.351 e. The summed E-state index contributed by atoms with van der Waals surface area (Å²) in [6.07, 6.45) is 1.53. The second-order valence-corrected chi connectivity index (χ2v) is 5.60. The maximum Gasteiger partial charge on any atom is 0.231 e. The number of halogens is 1. The van der Waals surface area contributed by atoms with Crippen LogP contribution in [0, 0.1) is 5.41 Å². The van der Waals surface area contributed by atoms with Gasteiger partial charge in [-0.1, -0.05) is 30.3 Å². The van der Waals surface area contributed by atoms with Crippen molar-refractivity contribution >= 4 is 17.5 Å². The van der Waals surface area contributed by atoms with Crippen LogP contribution in [-0.2, 0) is 20.8 Å². The van der Waals surface area contributed by atoms with E-state index in [0.29, 0.717) is 19.8 Å². The Balaban J connectivity index is 1.67. The summed E-state index contributed by atoms with van der Waals surface area (Å²) < 4.78 is 11.4. The Morgan fingerprint density at radius 1 is 1.20 bits per heavy atom. The van der Waals surface area contributed by atoms with Crippen molar-refractivity contribution < 1.29 is 14.3 Å². The van der Waals surface area contributed by atoms with Crippen molar-refractivity contribution in [3.05, 3.63) is 35.9 Å². The molecule has 1 amide bonds. The molecule has 1 N–H and O–H groups in total. The zero-order valence-corrected chi connectivity index (χ0v) is 12.0. The lowest BCUT2D eigenvalue weighted by molar-refractivity contribution is -0.194. The molecule has 3 rings (SSSR count). The Bertz CT molecular complexity index is 481. The van der Waals surface area contributed by atoms with Crippen LogP contribution < -0.4 is 5.32 Å². The Labute approximate surface area is 123 Å². The second kappa shape index (κ2) is 5.35. The maximum atomic E-state index is 12.5. The summed E-state index contributed by atoms with van der Waals surface area (Å²) in [5.41, 5.74) is 0.463. The van der Waals surface area contributed by atoms with Crippen molar-refractivity contribution in [1.29, 1.82) is 0 Å². The standard InChI is InChI=1S/C15H18ClNO3/c16-11-15(19-8-9-20-15)14(6-7-14)13(18)17-10-12-4-2-1-3-5-12/h1-5H,6-11H2,(H,17,18). The summed E-state index contributed by atoms with van der Waals surface area (Å²) >= 11 is 6.02. The highest BCUT2D eigenvalue weighted by atomic mass is 35.5. The van der Waals surface area contributed by atoms with E-state index in [4.69, 9.17) is 21.1 Å². The predicted octanol–water partition coefficient (Wildman–Crippen LogP) is 2.06. The van der Waals surface area contributed by atoms with E-state index >= 15 is 0 Å². The van der Waals surface area contributed by atoms with Gasteiger partial charge in [-0.15, -0.1) is 11.6 Å². The fraction of sp³-hybridized carbons (Fsp3) is 0.533. The van der Waals surface area contributed by atoms with Crippen molar-refractivity contribution in [1.82, 2.24) is 5.32 Å². The zero-order valence-electron chi connectivity index (χ0n) is 11.2. The third kappa shape index (κ3) is 2.22. The van der Waals surface area contributed by atoms with E-state index in [-0.39, 0.29) is 11.8 Å². The lowest BCUT2D eigenvalue weighted by atomic mass is 9.95. The van der Waals surface area contributed by atoms with Gasteiger partial charge in [0.15, 0.2) is 5.79 Å². The number of hydrogen-bond acceptors (Lipinski definition) is 3. The summed E-state index contributed by atoms with van der Waals surface area (Å²) in [6, 6.07) is 9.84. The van der Waals surface area contributed by atoms with Crippen LogP contribution in [0.4, 0.5) is 0 Å². The number of rotatable bonds is 5. The molecule has 0 spiro atoms. The molecule has 0 atom stereocenters. The molecule has 2 aliphatic rings. The van der Waals surface area contributed by atoms with Gasteiger partial charge in [-0.05, 0) is 18.4 Å². The molecule has 20 heavy (non-hydrogen) atoms. The lowest BCUT2D eigenvalue weighted by Gasteiger charge is -2.33. The van der Waals surface area contributed by atoms with Crippen molar-refractivity contribution in [2.24, 2.45) is 5.41 Å². The smallest absolute Gasteiger partial charge is 0.231 e. The van der Waals surface area contributed by atoms with Gasteiger partial charge in [0, 0.05) is 6.54 Å². The number of nitrogens with one attached hydrogen (secondary N) is 1. The Morgan fingerprint density at radius 3 is 2.40 bits per heavy atom. The summed E-state index contributed by atoms with van der Waals surface area (Å²) in [7, 11) is 0. The topological polar surface area (TPSA) is 47.6 Å². The molecule has 4 nitrogen and oxygen atoms in total. The summed E-state index contributed by atoms with van der Waals surface area (Å²) in [5.74, 6) is -0.773. The molecule has 0 aromatic heterocycles. The van der Waals surface area contributed by atoms with E-state index in [2.05, 4.69) is 5.32 Å². The first-order chi connectivity index (χ1) is 9.72. The van der Waals surface area contributed by atoms with Gasteiger partial charge in [0.1, 0.15) is 5.41 Å². The van der Waals surface area contributed by atoms with Gasteiger partial charge in [-0.25, -0.2) is 0 Å². The third-order valence-electron chi connectivity index (χ3n) is 4.14. The van der Waals surface area contributed by atoms with Crippen molar-refractivity contribution in [2.45, 2.75) is 25.2 Å². The average Bonchev–Trinajstić information content (AvgIpc) is 3.18. The van der Waals surface area contributed by atoms with Crippen LogP contribution in [0.15, 0.2) is 30.3 Å². The minimum absolute atomic E-state index is 0.0242. The van der Waals surface area contributed by atoms with Gasteiger partial charge in [0.05, 0.1) is 19.1 Å². The largest absolute Gasteiger partial charge is 0.351 e. The Morgan fingerprint density at radius 2 is 1.85 bits per heavy atom. The summed E-state index contributed by atoms with van der Waals surface area (Å²) in [5, 5.41) is 2.98. The highest BCUT2D eigenvalue weighted by Crippen LogP contribution is 2.58. The van der Waals surface area contributed by atoms with Crippen LogP contribution in [0.1, 0.15) is 18.4 Å². The molecule has 0 radical (unpaired) electrons. The highest BCUT2D eigenvalue weighted by Gasteiger charge is 2.67. The number of ether oxygens (including phenoxy) is 2. The second-order valence-electron chi connectivity index (χ2n) is 5.33. The SMILES string of the molecule is O=C(NCc1ccccc1)C1(C2(CCl)OCCO2)CC1. The van der Waals surface area contributed by atoms with Crippen LogP contribution in [0.5, 0.6) is 0 Å². The molecule has 1 heterocycles. The monoisotopic (exact) mass is 295 g/mol. The normalized spacial score (nSPS) is 22.4. The van der Waals surface area contributed by atoms with E-state index in [1.54, 1.807) is 0 Å². The molecule has 0 bridgehead atoms. The van der Waals surface area contributed by atoms with Crippen molar-refractivity contribution in [3.63, 3.8) is 0 Å². The van der Waals surface area contributed by atoms with E-state index in [1.807, 2.05) is 30.3 Å². The fourth-order valence-corrected chi connectivity index (χ4v) is 3.20. The fourth-order valence-electron chi connectivity index (χ4n) is 2.79. The van der Waals surface area contributed by atoms with E-state index in [0.717, 1.165) is 18.4 Å². The molecule has 1 aromatic carbocycles. The van der Waals surface area contributed by atoms with Crippen LogP contribution in [0.25, 0.3) is 0 Å². The van der Waals surface area contributed by atoms with Gasteiger partial charge in [-0.3, -0.25) is 4.79 Å². The third-order valence-corrected chi connectivity index (χ3v) is 4.49.